The van der Waals surface area contributed by atoms with Gasteiger partial charge in [-0.2, -0.15) is 0 Å². The van der Waals surface area contributed by atoms with E-state index in [1.54, 1.807) is 0 Å². The molecule has 2 N–H and O–H groups in total. The highest BCUT2D eigenvalue weighted by Gasteiger charge is 2.44. The monoisotopic (exact) mass is 386 g/mol. The molecule has 5 nitrogen and oxygen atoms in total. The van der Waals surface area contributed by atoms with E-state index in [2.05, 4.69) is 39.8 Å². The zero-order valence-electron chi connectivity index (χ0n) is 17.1. The van der Waals surface area contributed by atoms with Gasteiger partial charge in [-0.3, -0.25) is 9.59 Å². The second-order valence-corrected chi connectivity index (χ2v) is 9.01. The summed E-state index contributed by atoms with van der Waals surface area (Å²) in [6.07, 6.45) is 8.47. The molecule has 0 radical (unpaired) electrons. The lowest BCUT2D eigenvalue weighted by atomic mass is 9.71. The van der Waals surface area contributed by atoms with Gasteiger partial charge in [-0.15, -0.1) is 0 Å². The molecule has 2 aliphatic rings. The van der Waals surface area contributed by atoms with E-state index in [0.717, 1.165) is 19.3 Å². The zero-order valence-corrected chi connectivity index (χ0v) is 17.1. The predicted octanol–water partition coefficient (Wildman–Crippen LogP) is 5.00. The van der Waals surface area contributed by atoms with Gasteiger partial charge < -0.3 is 14.9 Å². The quantitative estimate of drug-likeness (QED) is 0.550. The number of allylic oxidation sites excluding steroid dienone is 1. The van der Waals surface area contributed by atoms with Gasteiger partial charge in [0.2, 0.25) is 0 Å². The largest absolute Gasteiger partial charge is 0.507 e. The number of aromatic hydroxyl groups is 2. The van der Waals surface area contributed by atoms with Crippen LogP contribution in [0.15, 0.2) is 12.2 Å². The molecule has 1 aromatic rings. The number of carbonyl (C=O) groups excluding carboxylic acids is 2. The van der Waals surface area contributed by atoms with Crippen LogP contribution < -0.4 is 4.74 Å². The first-order valence-corrected chi connectivity index (χ1v) is 10.1. The van der Waals surface area contributed by atoms with E-state index in [9.17, 15) is 19.8 Å². The Morgan fingerprint density at radius 1 is 1.14 bits per heavy atom. The third-order valence-electron chi connectivity index (χ3n) is 6.21. The summed E-state index contributed by atoms with van der Waals surface area (Å²) < 4.78 is 6.33. The maximum atomic E-state index is 11.8. The van der Waals surface area contributed by atoms with Gasteiger partial charge in [0.25, 0.3) is 0 Å². The lowest BCUT2D eigenvalue weighted by Crippen LogP contribution is -2.42. The van der Waals surface area contributed by atoms with Gasteiger partial charge in [-0.1, -0.05) is 33.8 Å². The summed E-state index contributed by atoms with van der Waals surface area (Å²) in [6.45, 7) is 8.61. The van der Waals surface area contributed by atoms with Crippen LogP contribution >= 0.6 is 0 Å². The molecule has 3 unspecified atom stereocenters. The van der Waals surface area contributed by atoms with Crippen LogP contribution in [0.2, 0.25) is 0 Å². The second-order valence-electron chi connectivity index (χ2n) is 9.01. The first-order chi connectivity index (χ1) is 13.2. The van der Waals surface area contributed by atoms with Crippen LogP contribution in [0.3, 0.4) is 0 Å². The van der Waals surface area contributed by atoms with Crippen LogP contribution in [0.4, 0.5) is 0 Å². The summed E-state index contributed by atoms with van der Waals surface area (Å²) in [7, 11) is 0. The van der Waals surface area contributed by atoms with Gasteiger partial charge in [0.1, 0.15) is 22.8 Å². The van der Waals surface area contributed by atoms with E-state index in [0.29, 0.717) is 42.3 Å². The first-order valence-electron chi connectivity index (χ1n) is 10.1. The second kappa shape index (κ2) is 7.61. The van der Waals surface area contributed by atoms with Crippen molar-refractivity contribution in [3.05, 3.63) is 28.8 Å². The molecule has 0 saturated carbocycles. The van der Waals surface area contributed by atoms with Crippen molar-refractivity contribution in [3.63, 3.8) is 0 Å². The van der Waals surface area contributed by atoms with E-state index in [4.69, 9.17) is 4.74 Å². The molecule has 28 heavy (non-hydrogen) atoms. The average molecular weight is 386 g/mol. The molecule has 1 aromatic carbocycles. The Labute approximate surface area is 166 Å². The molecular formula is C23H30O5. The number of aldehydes is 2. The van der Waals surface area contributed by atoms with Crippen LogP contribution in [-0.2, 0) is 0 Å². The van der Waals surface area contributed by atoms with Crippen molar-refractivity contribution < 1.29 is 24.5 Å². The Bertz CT molecular complexity index is 808. The van der Waals surface area contributed by atoms with Crippen LogP contribution in [0.25, 0.3) is 0 Å². The topological polar surface area (TPSA) is 83.8 Å². The lowest BCUT2D eigenvalue weighted by molar-refractivity contribution is 0.0531. The highest BCUT2D eigenvalue weighted by atomic mass is 16.5. The summed E-state index contributed by atoms with van der Waals surface area (Å²) in [4.78, 5) is 23.2. The lowest BCUT2D eigenvalue weighted by Gasteiger charge is -2.44. The maximum absolute atomic E-state index is 11.8. The van der Waals surface area contributed by atoms with Crippen molar-refractivity contribution >= 4 is 12.6 Å². The Morgan fingerprint density at radius 2 is 1.82 bits per heavy atom. The van der Waals surface area contributed by atoms with E-state index >= 15 is 0 Å². The van der Waals surface area contributed by atoms with Crippen molar-refractivity contribution in [1.82, 2.24) is 0 Å². The van der Waals surface area contributed by atoms with Crippen molar-refractivity contribution in [2.45, 2.75) is 64.9 Å². The zero-order chi connectivity index (χ0) is 20.6. The summed E-state index contributed by atoms with van der Waals surface area (Å²) in [5.41, 5.74) is -0.381. The van der Waals surface area contributed by atoms with Crippen molar-refractivity contribution in [2.24, 2.45) is 17.8 Å². The van der Waals surface area contributed by atoms with Crippen LogP contribution in [0.1, 0.15) is 85.6 Å². The van der Waals surface area contributed by atoms with Crippen molar-refractivity contribution in [3.8, 4) is 17.2 Å². The standard InChI is InChI=1S/C23H30O5/c1-13(2)9-16-10-23(7-5-15(6-8-23)14(3)4)28-22-18(12-25)20(26)17(11-24)21(27)19(16)22/h5,7,11-16,26-27H,6,8-10H2,1-4H3. The molecule has 1 heterocycles. The third kappa shape index (κ3) is 3.43. The molecule has 5 heteroatoms. The molecule has 0 bridgehead atoms. The van der Waals surface area contributed by atoms with Crippen LogP contribution in [0.5, 0.6) is 17.2 Å². The van der Waals surface area contributed by atoms with Crippen molar-refractivity contribution in [1.29, 1.82) is 0 Å². The fourth-order valence-electron chi connectivity index (χ4n) is 4.71. The van der Waals surface area contributed by atoms with E-state index < -0.39 is 11.4 Å². The number of phenols is 2. The van der Waals surface area contributed by atoms with Gasteiger partial charge in [0, 0.05) is 5.56 Å². The molecule has 1 aliphatic carbocycles. The average Bonchev–Trinajstić information content (AvgIpc) is 2.62. The number of carbonyl (C=O) groups is 2. The maximum Gasteiger partial charge on any atom is 0.157 e. The molecule has 1 spiro atoms. The molecule has 0 fully saturated rings. The smallest absolute Gasteiger partial charge is 0.157 e. The number of ether oxygens (including phenoxy) is 1. The number of hydrogen-bond acceptors (Lipinski definition) is 5. The molecule has 0 saturated heterocycles. The van der Waals surface area contributed by atoms with Gasteiger partial charge in [0.05, 0.1) is 11.1 Å². The van der Waals surface area contributed by atoms with E-state index in [1.165, 1.54) is 0 Å². The molecule has 152 valence electrons. The number of rotatable bonds is 5. The Kier molecular flexibility index (Phi) is 5.55. The van der Waals surface area contributed by atoms with Gasteiger partial charge in [-0.05, 0) is 55.4 Å². The molecule has 1 aliphatic heterocycles. The summed E-state index contributed by atoms with van der Waals surface area (Å²) in [5, 5.41) is 21.1. The molecule has 3 rings (SSSR count). The molecule has 3 atom stereocenters. The molecular weight excluding hydrogens is 356 g/mol. The van der Waals surface area contributed by atoms with E-state index in [1.807, 2.05) is 0 Å². The Hall–Kier alpha value is -2.30. The van der Waals surface area contributed by atoms with Crippen molar-refractivity contribution in [2.75, 3.05) is 0 Å². The number of phenolic OH excluding ortho intramolecular Hbond substituents is 2. The minimum absolute atomic E-state index is 0.0536. The Balaban J connectivity index is 2.16. The Morgan fingerprint density at radius 3 is 2.32 bits per heavy atom. The first kappa shape index (κ1) is 20.4. The van der Waals surface area contributed by atoms with Gasteiger partial charge in [0.15, 0.2) is 12.6 Å². The van der Waals surface area contributed by atoms with Gasteiger partial charge >= 0.3 is 0 Å². The van der Waals surface area contributed by atoms with Crippen LogP contribution in [-0.4, -0.2) is 28.4 Å². The predicted molar refractivity (Wildman–Crippen MR) is 107 cm³/mol. The summed E-state index contributed by atoms with van der Waals surface area (Å²) in [6, 6.07) is 0. The van der Waals surface area contributed by atoms with Gasteiger partial charge in [-0.25, -0.2) is 0 Å². The minimum Gasteiger partial charge on any atom is -0.507 e. The number of fused-ring (bicyclic) bond motifs is 1. The number of hydrogen-bond donors (Lipinski definition) is 2. The highest BCUT2D eigenvalue weighted by molar-refractivity contribution is 5.95. The fourth-order valence-corrected chi connectivity index (χ4v) is 4.71. The fraction of sp³-hybridized carbons (Fsp3) is 0.565. The molecule has 0 amide bonds. The third-order valence-corrected chi connectivity index (χ3v) is 6.21. The molecule has 0 aromatic heterocycles. The SMILES string of the molecule is CC(C)CC1CC2(C=CC(C(C)C)CC2)Oc2c(C=O)c(O)c(C=O)c(O)c21. The number of benzene rings is 1. The summed E-state index contributed by atoms with van der Waals surface area (Å²) >= 11 is 0. The summed E-state index contributed by atoms with van der Waals surface area (Å²) in [5.74, 6) is 0.766. The minimum atomic E-state index is -0.558. The van der Waals surface area contributed by atoms with E-state index in [-0.39, 0.29) is 28.5 Å². The van der Waals surface area contributed by atoms with Crippen LogP contribution in [0, 0.1) is 17.8 Å². The normalized spacial score (nSPS) is 26.4. The highest BCUT2D eigenvalue weighted by Crippen LogP contribution is 2.54.